The van der Waals surface area contributed by atoms with E-state index in [1.54, 1.807) is 0 Å². The molecule has 3 heteroatoms. The summed E-state index contributed by atoms with van der Waals surface area (Å²) in [4.78, 5) is 0. The van der Waals surface area contributed by atoms with Crippen LogP contribution in [0, 0.1) is 17.8 Å². The third-order valence-corrected chi connectivity index (χ3v) is 4.59. The molecule has 1 aromatic rings. The van der Waals surface area contributed by atoms with Crippen molar-refractivity contribution in [1.82, 2.24) is 5.43 Å². The summed E-state index contributed by atoms with van der Waals surface area (Å²) in [7, 11) is 0. The fourth-order valence-electron chi connectivity index (χ4n) is 2.98. The second-order valence-corrected chi connectivity index (χ2v) is 5.92. The van der Waals surface area contributed by atoms with Crippen molar-refractivity contribution in [1.29, 1.82) is 0 Å². The molecule has 4 unspecified atom stereocenters. The summed E-state index contributed by atoms with van der Waals surface area (Å²) in [6, 6.07) is 10.2. The van der Waals surface area contributed by atoms with Crippen LogP contribution in [0.3, 0.4) is 0 Å². The Hall–Kier alpha value is -1.06. The number of ether oxygens (including phenoxy) is 1. The zero-order valence-corrected chi connectivity index (χ0v) is 12.0. The number of nitrogens with one attached hydrogen (secondary N) is 1. The van der Waals surface area contributed by atoms with Gasteiger partial charge < -0.3 is 4.74 Å². The minimum Gasteiger partial charge on any atom is -0.492 e. The van der Waals surface area contributed by atoms with Crippen molar-refractivity contribution in [3.63, 3.8) is 0 Å². The summed E-state index contributed by atoms with van der Waals surface area (Å²) in [5.41, 5.74) is 2.95. The molecule has 4 atom stereocenters. The standard InChI is InChI=1S/C16H26N2O/c1-12-8-9-14(10-13(12)2)16(18-17)11-19-15-6-4-3-5-7-15/h3-7,12-14,16,18H,8-11,17H2,1-2H3. The van der Waals surface area contributed by atoms with Gasteiger partial charge in [0, 0.05) is 0 Å². The number of hydrogen-bond acceptors (Lipinski definition) is 3. The van der Waals surface area contributed by atoms with Gasteiger partial charge in [-0.1, -0.05) is 38.5 Å². The number of hydrazine groups is 1. The van der Waals surface area contributed by atoms with Crippen molar-refractivity contribution in [2.75, 3.05) is 6.61 Å². The number of benzene rings is 1. The Bertz CT molecular complexity index is 368. The highest BCUT2D eigenvalue weighted by Crippen LogP contribution is 2.35. The summed E-state index contributed by atoms with van der Waals surface area (Å²) in [5, 5.41) is 0. The maximum absolute atomic E-state index is 5.83. The van der Waals surface area contributed by atoms with Gasteiger partial charge in [0.05, 0.1) is 6.04 Å². The number of nitrogens with two attached hydrogens (primary N) is 1. The molecule has 0 saturated heterocycles. The van der Waals surface area contributed by atoms with Gasteiger partial charge in [0.2, 0.25) is 0 Å². The zero-order valence-electron chi connectivity index (χ0n) is 12.0. The van der Waals surface area contributed by atoms with Gasteiger partial charge in [0.15, 0.2) is 0 Å². The van der Waals surface area contributed by atoms with Crippen LogP contribution >= 0.6 is 0 Å². The average Bonchev–Trinajstić information content (AvgIpc) is 2.44. The van der Waals surface area contributed by atoms with Crippen LogP contribution in [0.5, 0.6) is 5.75 Å². The predicted molar refractivity (Wildman–Crippen MR) is 78.7 cm³/mol. The van der Waals surface area contributed by atoms with E-state index in [-0.39, 0.29) is 6.04 Å². The molecule has 0 spiro atoms. The molecule has 0 radical (unpaired) electrons. The van der Waals surface area contributed by atoms with Gasteiger partial charge in [-0.2, -0.15) is 0 Å². The summed E-state index contributed by atoms with van der Waals surface area (Å²) >= 11 is 0. The third-order valence-electron chi connectivity index (χ3n) is 4.59. The Balaban J connectivity index is 1.86. The molecule has 1 aliphatic rings. The van der Waals surface area contributed by atoms with Crippen LogP contribution in [-0.2, 0) is 0 Å². The van der Waals surface area contributed by atoms with E-state index in [0.29, 0.717) is 12.5 Å². The molecule has 1 saturated carbocycles. The molecule has 19 heavy (non-hydrogen) atoms. The Kier molecular flexibility index (Phi) is 5.23. The second-order valence-electron chi connectivity index (χ2n) is 5.92. The molecule has 0 aliphatic heterocycles. The van der Waals surface area contributed by atoms with E-state index in [1.165, 1.54) is 19.3 Å². The molecule has 1 fully saturated rings. The molecule has 0 heterocycles. The Morgan fingerprint density at radius 3 is 2.58 bits per heavy atom. The van der Waals surface area contributed by atoms with Crippen LogP contribution in [-0.4, -0.2) is 12.6 Å². The van der Waals surface area contributed by atoms with Gasteiger partial charge in [-0.25, -0.2) is 0 Å². The lowest BCUT2D eigenvalue weighted by Gasteiger charge is -2.36. The fourth-order valence-corrected chi connectivity index (χ4v) is 2.98. The van der Waals surface area contributed by atoms with Gasteiger partial charge in [-0.15, -0.1) is 0 Å². The van der Waals surface area contributed by atoms with E-state index in [4.69, 9.17) is 10.6 Å². The lowest BCUT2D eigenvalue weighted by atomic mass is 9.73. The van der Waals surface area contributed by atoms with E-state index in [2.05, 4.69) is 19.3 Å². The molecule has 3 nitrogen and oxygen atoms in total. The Labute approximate surface area is 116 Å². The monoisotopic (exact) mass is 262 g/mol. The van der Waals surface area contributed by atoms with Crippen molar-refractivity contribution in [2.45, 2.75) is 39.2 Å². The second kappa shape index (κ2) is 6.92. The normalized spacial score (nSPS) is 28.9. The highest BCUT2D eigenvalue weighted by molar-refractivity contribution is 5.20. The van der Waals surface area contributed by atoms with Crippen molar-refractivity contribution in [2.24, 2.45) is 23.6 Å². The summed E-state index contributed by atoms with van der Waals surface area (Å²) in [6.45, 7) is 5.35. The molecular weight excluding hydrogens is 236 g/mol. The Morgan fingerprint density at radius 1 is 1.21 bits per heavy atom. The molecule has 106 valence electrons. The van der Waals surface area contributed by atoms with Crippen LogP contribution in [0.1, 0.15) is 33.1 Å². The number of rotatable bonds is 5. The van der Waals surface area contributed by atoms with E-state index in [9.17, 15) is 0 Å². The Morgan fingerprint density at radius 2 is 1.95 bits per heavy atom. The van der Waals surface area contributed by atoms with Crippen molar-refractivity contribution in [3.05, 3.63) is 30.3 Å². The van der Waals surface area contributed by atoms with Crippen LogP contribution in [0.25, 0.3) is 0 Å². The molecule has 1 aliphatic carbocycles. The summed E-state index contributed by atoms with van der Waals surface area (Å²) in [6.07, 6.45) is 3.79. The largest absolute Gasteiger partial charge is 0.492 e. The van der Waals surface area contributed by atoms with Gasteiger partial charge in [0.25, 0.3) is 0 Å². The van der Waals surface area contributed by atoms with E-state index < -0.39 is 0 Å². The van der Waals surface area contributed by atoms with Crippen LogP contribution in [0.4, 0.5) is 0 Å². The molecule has 0 bridgehead atoms. The first-order valence-electron chi connectivity index (χ1n) is 7.34. The topological polar surface area (TPSA) is 47.3 Å². The average molecular weight is 262 g/mol. The maximum Gasteiger partial charge on any atom is 0.119 e. The summed E-state index contributed by atoms with van der Waals surface area (Å²) in [5.74, 6) is 8.88. The van der Waals surface area contributed by atoms with Crippen molar-refractivity contribution in [3.8, 4) is 5.75 Å². The fraction of sp³-hybridized carbons (Fsp3) is 0.625. The first-order valence-corrected chi connectivity index (χ1v) is 7.34. The molecule has 1 aromatic carbocycles. The number of para-hydroxylation sites is 1. The lowest BCUT2D eigenvalue weighted by Crippen LogP contribution is -2.46. The van der Waals surface area contributed by atoms with Gasteiger partial charge in [-0.3, -0.25) is 11.3 Å². The third kappa shape index (κ3) is 3.95. The minimum atomic E-state index is 0.246. The van der Waals surface area contributed by atoms with Gasteiger partial charge in [0.1, 0.15) is 12.4 Å². The van der Waals surface area contributed by atoms with Gasteiger partial charge >= 0.3 is 0 Å². The maximum atomic E-state index is 5.83. The minimum absolute atomic E-state index is 0.246. The van der Waals surface area contributed by atoms with Crippen LogP contribution in [0.2, 0.25) is 0 Å². The highest BCUT2D eigenvalue weighted by atomic mass is 16.5. The smallest absolute Gasteiger partial charge is 0.119 e. The molecular formula is C16H26N2O. The van der Waals surface area contributed by atoms with Crippen LogP contribution in [0.15, 0.2) is 30.3 Å². The van der Waals surface area contributed by atoms with Crippen LogP contribution < -0.4 is 16.0 Å². The zero-order chi connectivity index (χ0) is 13.7. The quantitative estimate of drug-likeness (QED) is 0.633. The van der Waals surface area contributed by atoms with Crippen molar-refractivity contribution < 1.29 is 4.74 Å². The molecule has 0 amide bonds. The molecule has 3 N–H and O–H groups in total. The first-order chi connectivity index (χ1) is 9.20. The predicted octanol–water partition coefficient (Wildman–Crippen LogP) is 2.97. The van der Waals surface area contributed by atoms with E-state index >= 15 is 0 Å². The number of hydrogen-bond donors (Lipinski definition) is 2. The SMILES string of the molecule is CC1CCC(C(COc2ccccc2)NN)CC1C. The van der Waals surface area contributed by atoms with Crippen molar-refractivity contribution >= 4 is 0 Å². The van der Waals surface area contributed by atoms with E-state index in [1.807, 2.05) is 30.3 Å². The van der Waals surface area contributed by atoms with Gasteiger partial charge in [-0.05, 0) is 42.7 Å². The highest BCUT2D eigenvalue weighted by Gasteiger charge is 2.30. The lowest BCUT2D eigenvalue weighted by molar-refractivity contribution is 0.137. The molecule has 2 rings (SSSR count). The molecule has 0 aromatic heterocycles. The summed E-state index contributed by atoms with van der Waals surface area (Å²) < 4.78 is 5.83. The first kappa shape index (κ1) is 14.4. The van der Waals surface area contributed by atoms with E-state index in [0.717, 1.165) is 17.6 Å².